The predicted octanol–water partition coefficient (Wildman–Crippen LogP) is 2.54. The predicted molar refractivity (Wildman–Crippen MR) is 99.3 cm³/mol. The topological polar surface area (TPSA) is 91.4 Å². The summed E-state index contributed by atoms with van der Waals surface area (Å²) in [6.07, 6.45) is 1.63. The molecule has 5 nitrogen and oxygen atoms in total. The molecule has 6 heteroatoms. The maximum atomic E-state index is 9.00. The maximum absolute atomic E-state index is 9.00. The number of aromatic amines is 1. The lowest BCUT2D eigenvalue weighted by Crippen LogP contribution is -2.00. The summed E-state index contributed by atoms with van der Waals surface area (Å²) in [5.41, 5.74) is 11.4. The number of anilines is 1. The van der Waals surface area contributed by atoms with E-state index in [0.29, 0.717) is 16.7 Å². The Hall–Kier alpha value is -3.59. The molecule has 3 N–H and O–H groups in total. The van der Waals surface area contributed by atoms with E-state index in [4.69, 9.17) is 18.8 Å². The first kappa shape index (κ1) is 15.0. The number of aromatic nitrogens is 3. The quantitative estimate of drug-likeness (QED) is 0.555. The minimum atomic E-state index is 0.210. The van der Waals surface area contributed by atoms with E-state index in [0.717, 1.165) is 27.7 Å². The van der Waals surface area contributed by atoms with Crippen molar-refractivity contribution in [2.45, 2.75) is 0 Å². The van der Waals surface area contributed by atoms with E-state index in [9.17, 15) is 0 Å². The van der Waals surface area contributed by atoms with E-state index in [2.05, 4.69) is 21.0 Å². The van der Waals surface area contributed by atoms with Crippen LogP contribution < -0.4 is 11.2 Å². The van der Waals surface area contributed by atoms with Gasteiger partial charge in [-0.3, -0.25) is 0 Å². The number of nitrogen functional groups attached to an aromatic ring is 1. The number of nitrogens with two attached hydrogens (primary N) is 1. The van der Waals surface area contributed by atoms with Crippen LogP contribution in [0.5, 0.6) is 0 Å². The average molecular weight is 321 g/mol. The van der Waals surface area contributed by atoms with Gasteiger partial charge in [0.05, 0.1) is 23.0 Å². The molecule has 116 valence electrons. The third-order valence-corrected chi connectivity index (χ3v) is 4.06. The molecule has 0 aliphatic heterocycles. The van der Waals surface area contributed by atoms with Crippen LogP contribution in [0.3, 0.4) is 0 Å². The SMILES string of the molecule is [B]c1ccc2[nH]c(-c3ccc(C#N)cc3)c(-c3ccnc(N)n3)c2c1. The standard InChI is InChI=1S/C19H12BN5/c20-13-5-6-15-14(9-13)17(16-7-8-23-19(22)25-16)18(24-15)12-3-1-11(10-21)2-4-12/h1-9,24H,(H2,22,23,25). The fraction of sp³-hybridized carbons (Fsp3) is 0. The molecule has 0 fully saturated rings. The lowest BCUT2D eigenvalue weighted by atomic mass is 9.93. The Kier molecular flexibility index (Phi) is 3.48. The smallest absolute Gasteiger partial charge is 0.220 e. The number of hydrogen-bond donors (Lipinski definition) is 2. The highest BCUT2D eigenvalue weighted by Gasteiger charge is 2.16. The van der Waals surface area contributed by atoms with Crippen molar-refractivity contribution in [1.82, 2.24) is 15.0 Å². The van der Waals surface area contributed by atoms with Gasteiger partial charge in [-0.1, -0.05) is 29.7 Å². The normalized spacial score (nSPS) is 10.7. The molecule has 2 radical (unpaired) electrons. The molecule has 4 aromatic rings. The third kappa shape index (κ3) is 2.62. The van der Waals surface area contributed by atoms with E-state index >= 15 is 0 Å². The maximum Gasteiger partial charge on any atom is 0.220 e. The largest absolute Gasteiger partial charge is 0.368 e. The van der Waals surface area contributed by atoms with Crippen molar-refractivity contribution >= 4 is 30.2 Å². The van der Waals surface area contributed by atoms with Gasteiger partial charge in [-0.15, -0.1) is 0 Å². The molecule has 0 amide bonds. The van der Waals surface area contributed by atoms with Crippen molar-refractivity contribution in [3.05, 3.63) is 60.3 Å². The first-order valence-electron chi connectivity index (χ1n) is 7.66. The van der Waals surface area contributed by atoms with Gasteiger partial charge in [0, 0.05) is 22.7 Å². The molecule has 0 spiro atoms. The summed E-state index contributed by atoms with van der Waals surface area (Å²) in [6, 6.07) is 17.0. The van der Waals surface area contributed by atoms with Crippen LogP contribution in [0.15, 0.2) is 54.7 Å². The molecule has 0 atom stereocenters. The van der Waals surface area contributed by atoms with Crippen molar-refractivity contribution in [3.8, 4) is 28.6 Å². The van der Waals surface area contributed by atoms with Gasteiger partial charge in [-0.25, -0.2) is 9.97 Å². The minimum Gasteiger partial charge on any atom is -0.368 e. The number of benzene rings is 2. The molecule has 2 heterocycles. The minimum absolute atomic E-state index is 0.210. The van der Waals surface area contributed by atoms with Gasteiger partial charge in [0.1, 0.15) is 7.85 Å². The second-order valence-electron chi connectivity index (χ2n) is 5.67. The molecule has 0 aliphatic rings. The molecule has 2 aromatic carbocycles. The van der Waals surface area contributed by atoms with Crippen LogP contribution in [0.1, 0.15) is 5.56 Å². The second kappa shape index (κ2) is 5.80. The number of nitrogens with zero attached hydrogens (tertiary/aromatic N) is 3. The summed E-state index contributed by atoms with van der Waals surface area (Å²) in [4.78, 5) is 11.8. The van der Waals surface area contributed by atoms with Crippen molar-refractivity contribution in [3.63, 3.8) is 0 Å². The number of rotatable bonds is 2. The molecule has 0 unspecified atom stereocenters. The Morgan fingerprint density at radius 2 is 1.88 bits per heavy atom. The highest BCUT2D eigenvalue weighted by molar-refractivity contribution is 6.33. The average Bonchev–Trinajstić information content (AvgIpc) is 3.00. The summed E-state index contributed by atoms with van der Waals surface area (Å²) in [5, 5.41) is 9.96. The highest BCUT2D eigenvalue weighted by atomic mass is 15.0. The van der Waals surface area contributed by atoms with Gasteiger partial charge in [-0.05, 0) is 29.8 Å². The van der Waals surface area contributed by atoms with Crippen molar-refractivity contribution < 1.29 is 0 Å². The molecule has 2 aromatic heterocycles. The van der Waals surface area contributed by atoms with Gasteiger partial charge in [-0.2, -0.15) is 5.26 Å². The van der Waals surface area contributed by atoms with Crippen LogP contribution in [0.4, 0.5) is 5.95 Å². The number of fused-ring (bicyclic) bond motifs is 1. The third-order valence-electron chi connectivity index (χ3n) is 4.06. The molecule has 4 rings (SSSR count). The molecular weight excluding hydrogens is 309 g/mol. The highest BCUT2D eigenvalue weighted by Crippen LogP contribution is 2.37. The summed E-state index contributed by atoms with van der Waals surface area (Å²) < 4.78 is 0. The van der Waals surface area contributed by atoms with Crippen LogP contribution in [0, 0.1) is 11.3 Å². The van der Waals surface area contributed by atoms with E-state index in [1.54, 1.807) is 18.3 Å². The second-order valence-corrected chi connectivity index (χ2v) is 5.67. The van der Waals surface area contributed by atoms with Gasteiger partial charge in [0.15, 0.2) is 0 Å². The summed E-state index contributed by atoms with van der Waals surface area (Å²) in [5.74, 6) is 0.210. The first-order chi connectivity index (χ1) is 12.2. The molecule has 0 bridgehead atoms. The molecule has 0 aliphatic carbocycles. The molecule has 0 saturated carbocycles. The summed E-state index contributed by atoms with van der Waals surface area (Å²) in [6.45, 7) is 0. The van der Waals surface area contributed by atoms with Crippen LogP contribution in [0.25, 0.3) is 33.4 Å². The summed E-state index contributed by atoms with van der Waals surface area (Å²) >= 11 is 0. The Balaban J connectivity index is 2.03. The van der Waals surface area contributed by atoms with Gasteiger partial charge < -0.3 is 10.7 Å². The zero-order valence-electron chi connectivity index (χ0n) is 13.2. The summed E-state index contributed by atoms with van der Waals surface area (Å²) in [7, 11) is 5.98. The number of nitriles is 1. The lowest BCUT2D eigenvalue weighted by molar-refractivity contribution is 1.19. The number of H-pyrrole nitrogens is 1. The van der Waals surface area contributed by atoms with Gasteiger partial charge in [0.2, 0.25) is 5.95 Å². The van der Waals surface area contributed by atoms with Crippen molar-refractivity contribution in [2.75, 3.05) is 5.73 Å². The van der Waals surface area contributed by atoms with Crippen molar-refractivity contribution in [2.24, 2.45) is 0 Å². The van der Waals surface area contributed by atoms with Crippen LogP contribution in [0.2, 0.25) is 0 Å². The first-order valence-corrected chi connectivity index (χ1v) is 7.66. The molecular formula is C19H12BN5. The van der Waals surface area contributed by atoms with E-state index < -0.39 is 0 Å². The van der Waals surface area contributed by atoms with Gasteiger partial charge >= 0.3 is 0 Å². The van der Waals surface area contributed by atoms with E-state index in [-0.39, 0.29) is 5.95 Å². The fourth-order valence-electron chi connectivity index (χ4n) is 2.92. The monoisotopic (exact) mass is 321 g/mol. The van der Waals surface area contributed by atoms with Gasteiger partial charge in [0.25, 0.3) is 0 Å². The Morgan fingerprint density at radius 3 is 2.60 bits per heavy atom. The molecule has 0 saturated heterocycles. The number of hydrogen-bond acceptors (Lipinski definition) is 4. The molecule has 25 heavy (non-hydrogen) atoms. The van der Waals surface area contributed by atoms with E-state index in [1.807, 2.05) is 36.4 Å². The zero-order valence-corrected chi connectivity index (χ0v) is 13.2. The van der Waals surface area contributed by atoms with Crippen LogP contribution in [-0.2, 0) is 0 Å². The Morgan fingerprint density at radius 1 is 1.08 bits per heavy atom. The zero-order chi connectivity index (χ0) is 17.4. The van der Waals surface area contributed by atoms with Crippen LogP contribution >= 0.6 is 0 Å². The Labute approximate surface area is 145 Å². The number of nitrogens with one attached hydrogen (secondary N) is 1. The lowest BCUT2D eigenvalue weighted by Gasteiger charge is -2.06. The van der Waals surface area contributed by atoms with Crippen LogP contribution in [-0.4, -0.2) is 22.8 Å². The van der Waals surface area contributed by atoms with Crippen molar-refractivity contribution in [1.29, 1.82) is 5.26 Å². The van der Waals surface area contributed by atoms with E-state index in [1.165, 1.54) is 0 Å². The fourth-order valence-corrected chi connectivity index (χ4v) is 2.92. The Bertz CT molecular complexity index is 1120.